The van der Waals surface area contributed by atoms with E-state index < -0.39 is 0 Å². The van der Waals surface area contributed by atoms with Crippen LogP contribution in [0.4, 0.5) is 4.39 Å². The highest BCUT2D eigenvalue weighted by Crippen LogP contribution is 2.37. The predicted octanol–water partition coefficient (Wildman–Crippen LogP) is 2.54. The first kappa shape index (κ1) is 15.3. The SMILES string of the molecule is Cl.NC1CCC2CN(C(=O)c3cc4c(F)cccc4[nH]3)CC12. The van der Waals surface area contributed by atoms with Gasteiger partial charge in [-0.2, -0.15) is 0 Å². The van der Waals surface area contributed by atoms with Crippen molar-refractivity contribution in [2.24, 2.45) is 17.6 Å². The standard InChI is InChI=1S/C16H18FN3O.ClH/c17-12-2-1-3-14-10(12)6-15(19-14)16(21)20-7-9-4-5-13(18)11(9)8-20;/h1-3,6,9,11,13,19H,4-5,7-8,18H2;1H. The number of aromatic amines is 1. The molecule has 1 aromatic carbocycles. The van der Waals surface area contributed by atoms with Crippen molar-refractivity contribution in [1.29, 1.82) is 0 Å². The van der Waals surface area contributed by atoms with Crippen LogP contribution in [0.1, 0.15) is 23.3 Å². The molecule has 6 heteroatoms. The number of nitrogens with zero attached hydrogens (tertiary/aromatic N) is 1. The van der Waals surface area contributed by atoms with Crippen molar-refractivity contribution in [1.82, 2.24) is 9.88 Å². The molecule has 1 saturated carbocycles. The predicted molar refractivity (Wildman–Crippen MR) is 85.6 cm³/mol. The average molecular weight is 324 g/mol. The number of hydrogen-bond donors (Lipinski definition) is 2. The van der Waals surface area contributed by atoms with Crippen molar-refractivity contribution in [2.45, 2.75) is 18.9 Å². The molecule has 3 unspecified atom stereocenters. The van der Waals surface area contributed by atoms with Crippen molar-refractivity contribution in [3.8, 4) is 0 Å². The third kappa shape index (κ3) is 2.29. The fourth-order valence-corrected chi connectivity index (χ4v) is 3.88. The van der Waals surface area contributed by atoms with Crippen LogP contribution < -0.4 is 5.73 Å². The second-order valence-electron chi connectivity index (χ2n) is 6.26. The van der Waals surface area contributed by atoms with Gasteiger partial charge in [-0.1, -0.05) is 6.07 Å². The molecule has 0 spiro atoms. The van der Waals surface area contributed by atoms with Gasteiger partial charge in [-0.25, -0.2) is 4.39 Å². The molecule has 3 N–H and O–H groups in total. The van der Waals surface area contributed by atoms with E-state index in [-0.39, 0.29) is 30.2 Å². The lowest BCUT2D eigenvalue weighted by atomic mass is 9.98. The Balaban J connectivity index is 0.00000144. The Labute approximate surface area is 134 Å². The molecule has 1 aliphatic heterocycles. The second kappa shape index (κ2) is 5.56. The van der Waals surface area contributed by atoms with Crippen LogP contribution in [0.15, 0.2) is 24.3 Å². The van der Waals surface area contributed by atoms with Gasteiger partial charge in [0.15, 0.2) is 0 Å². The number of nitrogens with two attached hydrogens (primary N) is 1. The largest absolute Gasteiger partial charge is 0.350 e. The summed E-state index contributed by atoms with van der Waals surface area (Å²) in [5.41, 5.74) is 7.23. The number of benzene rings is 1. The van der Waals surface area contributed by atoms with E-state index in [0.717, 1.165) is 25.9 Å². The molecule has 118 valence electrons. The van der Waals surface area contributed by atoms with Gasteiger partial charge in [-0.3, -0.25) is 4.79 Å². The number of H-pyrrole nitrogens is 1. The van der Waals surface area contributed by atoms with Gasteiger partial charge in [-0.05, 0) is 42.9 Å². The molecule has 0 bridgehead atoms. The molecule has 3 atom stereocenters. The molecule has 22 heavy (non-hydrogen) atoms. The Kier molecular flexibility index (Phi) is 3.87. The molecule has 2 fully saturated rings. The summed E-state index contributed by atoms with van der Waals surface area (Å²) in [4.78, 5) is 17.5. The van der Waals surface area contributed by atoms with Gasteiger partial charge in [0.1, 0.15) is 11.5 Å². The van der Waals surface area contributed by atoms with Crippen LogP contribution in [0, 0.1) is 17.7 Å². The zero-order chi connectivity index (χ0) is 14.6. The minimum Gasteiger partial charge on any atom is -0.350 e. The third-order valence-corrected chi connectivity index (χ3v) is 5.04. The number of aromatic nitrogens is 1. The highest BCUT2D eigenvalue weighted by molar-refractivity contribution is 5.98. The highest BCUT2D eigenvalue weighted by atomic mass is 35.5. The number of carbonyl (C=O) groups is 1. The maximum atomic E-state index is 13.7. The van der Waals surface area contributed by atoms with Crippen LogP contribution >= 0.6 is 12.4 Å². The first-order valence-electron chi connectivity index (χ1n) is 7.45. The van der Waals surface area contributed by atoms with Gasteiger partial charge < -0.3 is 15.6 Å². The lowest BCUT2D eigenvalue weighted by molar-refractivity contribution is 0.0774. The maximum absolute atomic E-state index is 13.7. The van der Waals surface area contributed by atoms with Crippen molar-refractivity contribution in [3.05, 3.63) is 35.8 Å². The van der Waals surface area contributed by atoms with E-state index in [0.29, 0.717) is 28.4 Å². The Hall–Kier alpha value is -1.59. The van der Waals surface area contributed by atoms with Crippen LogP contribution in [0.5, 0.6) is 0 Å². The van der Waals surface area contributed by atoms with Gasteiger partial charge in [0.05, 0.1) is 0 Å². The van der Waals surface area contributed by atoms with E-state index in [1.807, 2.05) is 4.90 Å². The summed E-state index contributed by atoms with van der Waals surface area (Å²) in [6.07, 6.45) is 2.17. The van der Waals surface area contributed by atoms with Crippen molar-refractivity contribution in [3.63, 3.8) is 0 Å². The Bertz CT molecular complexity index is 716. The number of nitrogens with one attached hydrogen (secondary N) is 1. The Morgan fingerprint density at radius 2 is 2.14 bits per heavy atom. The smallest absolute Gasteiger partial charge is 0.270 e. The van der Waals surface area contributed by atoms with Crippen LogP contribution in [0.25, 0.3) is 10.9 Å². The second-order valence-corrected chi connectivity index (χ2v) is 6.26. The van der Waals surface area contributed by atoms with Crippen molar-refractivity contribution in [2.75, 3.05) is 13.1 Å². The fourth-order valence-electron chi connectivity index (χ4n) is 3.88. The van der Waals surface area contributed by atoms with E-state index in [1.165, 1.54) is 6.07 Å². The van der Waals surface area contributed by atoms with Crippen molar-refractivity contribution < 1.29 is 9.18 Å². The van der Waals surface area contributed by atoms with Crippen LogP contribution in [-0.4, -0.2) is 34.9 Å². The van der Waals surface area contributed by atoms with Gasteiger partial charge in [0, 0.05) is 30.0 Å². The minimum absolute atomic E-state index is 0. The molecule has 0 radical (unpaired) electrons. The summed E-state index contributed by atoms with van der Waals surface area (Å²) in [5.74, 6) is 0.607. The quantitative estimate of drug-likeness (QED) is 0.847. The summed E-state index contributed by atoms with van der Waals surface area (Å²) >= 11 is 0. The molecule has 1 amide bonds. The van der Waals surface area contributed by atoms with Crippen LogP contribution in [-0.2, 0) is 0 Å². The number of likely N-dealkylation sites (tertiary alicyclic amines) is 1. The van der Waals surface area contributed by atoms with Gasteiger partial charge in [0.2, 0.25) is 0 Å². The van der Waals surface area contributed by atoms with E-state index in [4.69, 9.17) is 5.73 Å². The van der Waals surface area contributed by atoms with Crippen molar-refractivity contribution >= 4 is 29.2 Å². The number of carbonyl (C=O) groups excluding carboxylic acids is 1. The summed E-state index contributed by atoms with van der Waals surface area (Å²) in [5, 5.41) is 0.469. The summed E-state index contributed by atoms with van der Waals surface area (Å²) < 4.78 is 13.7. The number of fused-ring (bicyclic) bond motifs is 2. The molecule has 2 aliphatic rings. The van der Waals surface area contributed by atoms with Gasteiger partial charge >= 0.3 is 0 Å². The molecule has 4 rings (SSSR count). The molecular formula is C16H19ClFN3O. The molecule has 1 saturated heterocycles. The normalized spacial score (nSPS) is 27.0. The van der Waals surface area contributed by atoms with Gasteiger partial charge in [0.25, 0.3) is 5.91 Å². The number of hydrogen-bond acceptors (Lipinski definition) is 2. The zero-order valence-electron chi connectivity index (χ0n) is 12.1. The highest BCUT2D eigenvalue weighted by Gasteiger charge is 2.42. The number of halogens is 2. The lowest BCUT2D eigenvalue weighted by Gasteiger charge is -2.17. The summed E-state index contributed by atoms with van der Waals surface area (Å²) in [6, 6.07) is 6.66. The first-order valence-corrected chi connectivity index (χ1v) is 7.45. The summed E-state index contributed by atoms with van der Waals surface area (Å²) in [6.45, 7) is 1.50. The van der Waals surface area contributed by atoms with Crippen LogP contribution in [0.2, 0.25) is 0 Å². The van der Waals surface area contributed by atoms with E-state index in [2.05, 4.69) is 4.98 Å². The monoisotopic (exact) mass is 323 g/mol. The zero-order valence-corrected chi connectivity index (χ0v) is 12.9. The molecular weight excluding hydrogens is 305 g/mol. The molecule has 2 heterocycles. The lowest BCUT2D eigenvalue weighted by Crippen LogP contribution is -2.33. The summed E-state index contributed by atoms with van der Waals surface area (Å²) in [7, 11) is 0. The Morgan fingerprint density at radius 3 is 2.86 bits per heavy atom. The van der Waals surface area contributed by atoms with E-state index in [1.54, 1.807) is 18.2 Å². The maximum Gasteiger partial charge on any atom is 0.270 e. The number of amides is 1. The minimum atomic E-state index is -0.303. The topological polar surface area (TPSA) is 62.1 Å². The average Bonchev–Trinajstić information content (AvgIpc) is 3.14. The van der Waals surface area contributed by atoms with E-state index >= 15 is 0 Å². The van der Waals surface area contributed by atoms with Crippen LogP contribution in [0.3, 0.4) is 0 Å². The Morgan fingerprint density at radius 1 is 1.32 bits per heavy atom. The molecule has 1 aliphatic carbocycles. The molecule has 1 aromatic heterocycles. The fraction of sp³-hybridized carbons (Fsp3) is 0.438. The first-order chi connectivity index (χ1) is 10.1. The number of rotatable bonds is 1. The third-order valence-electron chi connectivity index (χ3n) is 5.04. The molecule has 2 aromatic rings. The molecule has 4 nitrogen and oxygen atoms in total. The van der Waals surface area contributed by atoms with Gasteiger partial charge in [-0.15, -0.1) is 12.4 Å². The van der Waals surface area contributed by atoms with E-state index in [9.17, 15) is 9.18 Å².